The molecule has 12 rings (SSSR count). The van der Waals surface area contributed by atoms with Crippen LogP contribution in [0.15, 0.2) is 158 Å². The van der Waals surface area contributed by atoms with Gasteiger partial charge in [-0.15, -0.1) is 0 Å². The number of rotatable bonds is 28. The quantitative estimate of drug-likeness (QED) is 0.0440. The molecule has 0 radical (unpaired) electrons. The maximum atomic E-state index is 15.1. The highest BCUT2D eigenvalue weighted by Crippen LogP contribution is 2.46. The molecule has 8 aromatic rings. The third-order valence-corrected chi connectivity index (χ3v) is 20.6. The molecular formula is C80H90N16O10. The van der Waals surface area contributed by atoms with Gasteiger partial charge in [0.15, 0.2) is 0 Å². The van der Waals surface area contributed by atoms with Crippen molar-refractivity contribution < 1.29 is 47.7 Å². The molecule has 0 spiro atoms. The Bertz CT molecular complexity index is 4180. The Hall–Kier alpha value is -11.5. The van der Waals surface area contributed by atoms with Crippen molar-refractivity contribution in [2.45, 2.75) is 140 Å². The molecule has 0 bridgehead atoms. The number of anilines is 2. The maximum absolute atomic E-state index is 15.1. The van der Waals surface area contributed by atoms with E-state index in [4.69, 9.17) is 18.9 Å². The van der Waals surface area contributed by atoms with Gasteiger partial charge in [-0.2, -0.15) is 0 Å². The van der Waals surface area contributed by atoms with E-state index in [1.807, 2.05) is 157 Å². The van der Waals surface area contributed by atoms with Crippen LogP contribution in [0, 0.1) is 23.7 Å². The summed E-state index contributed by atoms with van der Waals surface area (Å²) in [5.74, 6) is 9.98. The van der Waals surface area contributed by atoms with Crippen molar-refractivity contribution in [3.05, 3.63) is 191 Å². The van der Waals surface area contributed by atoms with Crippen LogP contribution in [0.3, 0.4) is 0 Å². The summed E-state index contributed by atoms with van der Waals surface area (Å²) < 4.78 is 27.7. The van der Waals surface area contributed by atoms with Crippen molar-refractivity contribution in [3.63, 3.8) is 0 Å². The van der Waals surface area contributed by atoms with Crippen LogP contribution in [0.4, 0.5) is 21.5 Å². The smallest absolute Gasteiger partial charge is 0.410 e. The van der Waals surface area contributed by atoms with Crippen molar-refractivity contribution in [2.24, 2.45) is 0 Å². The van der Waals surface area contributed by atoms with Crippen LogP contribution in [0.25, 0.3) is 22.3 Å². The fraction of sp³-hybridized carbons (Fsp3) is 0.400. The summed E-state index contributed by atoms with van der Waals surface area (Å²) in [6, 6.07) is 46.6. The molecule has 2 aliphatic heterocycles. The van der Waals surface area contributed by atoms with E-state index in [-0.39, 0.29) is 63.4 Å². The van der Waals surface area contributed by atoms with Crippen molar-refractivity contribution in [1.82, 2.24) is 70.6 Å². The molecule has 4 aliphatic rings. The molecular weight excluding hydrogens is 1340 g/mol. The molecule has 6 aromatic carbocycles. The number of aromatic nitrogens is 8. The van der Waals surface area contributed by atoms with Crippen LogP contribution in [0.5, 0.6) is 0 Å². The number of likely N-dealkylation sites (tertiary alicyclic amines) is 2. The summed E-state index contributed by atoms with van der Waals surface area (Å²) in [5.41, 5.74) is 10.6. The van der Waals surface area contributed by atoms with Crippen molar-refractivity contribution in [1.29, 1.82) is 0 Å². The van der Waals surface area contributed by atoms with Crippen LogP contribution in [-0.2, 0) is 64.3 Å². The lowest BCUT2D eigenvalue weighted by atomic mass is 9.98. The van der Waals surface area contributed by atoms with Crippen LogP contribution >= 0.6 is 0 Å². The Labute approximate surface area is 617 Å². The molecule has 6 amide bonds. The normalized spacial score (nSPS) is 16.6. The minimum absolute atomic E-state index is 0.0480. The molecule has 106 heavy (non-hydrogen) atoms. The molecule has 550 valence electrons. The number of hydrogen-bond donors (Lipinski definition) is 2. The van der Waals surface area contributed by atoms with E-state index in [0.29, 0.717) is 63.8 Å². The number of ether oxygens (including phenoxy) is 4. The largest absolute Gasteiger partial charge is 0.448 e. The van der Waals surface area contributed by atoms with Gasteiger partial charge in [-0.05, 0) is 142 Å². The summed E-state index contributed by atoms with van der Waals surface area (Å²) in [4.78, 5) is 96.5. The van der Waals surface area contributed by atoms with E-state index < -0.39 is 72.2 Å². The second kappa shape index (κ2) is 34.4. The molecule has 8 atom stereocenters. The molecule has 2 saturated heterocycles. The summed E-state index contributed by atoms with van der Waals surface area (Å²) in [6.07, 6.45) is -0.676. The molecule has 26 nitrogen and oxygen atoms in total. The highest BCUT2D eigenvalue weighted by Gasteiger charge is 2.42. The molecule has 2 aromatic heterocycles. The minimum Gasteiger partial charge on any atom is -0.448 e. The number of fused-ring (bicyclic) bond motifs is 6. The number of carbonyl (C=O) groups excluding carboxylic acids is 6. The Morgan fingerprint density at radius 2 is 0.821 bits per heavy atom. The highest BCUT2D eigenvalue weighted by atomic mass is 16.6. The number of nitrogens with one attached hydrogen (secondary N) is 2. The summed E-state index contributed by atoms with van der Waals surface area (Å²) in [6.45, 7) is 8.60. The number of tetrazole rings is 2. The average molecular weight is 1440 g/mol. The van der Waals surface area contributed by atoms with E-state index in [1.165, 1.54) is 23.9 Å². The van der Waals surface area contributed by atoms with Gasteiger partial charge in [0.05, 0.1) is 37.4 Å². The number of likely N-dealkylation sites (N-methyl/N-ethyl adjacent to an activating group) is 2. The first-order valence-corrected chi connectivity index (χ1v) is 36.0. The fourth-order valence-corrected chi connectivity index (χ4v) is 14.5. The second-order valence-corrected chi connectivity index (χ2v) is 27.5. The molecule has 0 saturated carbocycles. The fourth-order valence-electron chi connectivity index (χ4n) is 14.5. The van der Waals surface area contributed by atoms with Gasteiger partial charge in [0, 0.05) is 66.2 Å². The van der Waals surface area contributed by atoms with Crippen LogP contribution in [0.2, 0.25) is 0 Å². The third kappa shape index (κ3) is 17.0. The van der Waals surface area contributed by atoms with Crippen LogP contribution < -0.4 is 20.4 Å². The molecule has 0 unspecified atom stereocenters. The lowest BCUT2D eigenvalue weighted by Crippen LogP contribution is -2.58. The Morgan fingerprint density at radius 1 is 0.481 bits per heavy atom. The third-order valence-electron chi connectivity index (χ3n) is 20.6. The van der Waals surface area contributed by atoms with E-state index in [2.05, 4.69) is 89.6 Å². The Morgan fingerprint density at radius 3 is 1.18 bits per heavy atom. The Balaban J connectivity index is 0.705. The lowest BCUT2D eigenvalue weighted by molar-refractivity contribution is -0.142. The van der Waals surface area contributed by atoms with Crippen molar-refractivity contribution in [2.75, 3.05) is 77.5 Å². The monoisotopic (exact) mass is 1430 g/mol. The van der Waals surface area contributed by atoms with Gasteiger partial charge in [0.1, 0.15) is 50.6 Å². The van der Waals surface area contributed by atoms with Gasteiger partial charge >= 0.3 is 12.2 Å². The predicted molar refractivity (Wildman–Crippen MR) is 397 cm³/mol. The van der Waals surface area contributed by atoms with Gasteiger partial charge in [-0.25, -0.2) is 19.0 Å². The van der Waals surface area contributed by atoms with Crippen LogP contribution in [-0.4, -0.2) is 212 Å². The van der Waals surface area contributed by atoms with Crippen molar-refractivity contribution in [3.8, 4) is 45.9 Å². The summed E-state index contributed by atoms with van der Waals surface area (Å²) >= 11 is 0. The minimum atomic E-state index is -1.24. The second-order valence-electron chi connectivity index (χ2n) is 27.5. The summed E-state index contributed by atoms with van der Waals surface area (Å²) in [7, 11) is 6.77. The first-order valence-electron chi connectivity index (χ1n) is 36.0. The zero-order valence-corrected chi connectivity index (χ0v) is 61.0. The molecule has 4 heterocycles. The molecule has 2 N–H and O–H groups in total. The lowest BCUT2D eigenvalue weighted by Gasteiger charge is -2.33. The standard InChI is InChI=1S/C80H90N16O10/c1-53(91(7)79(101)105-51-69-65-39-21-17-35-61(65)62-36-18-22-40-66(62)69)73(97)81-71(75(99)93-43-27-33-59(93)49-95-77(83-85-87-95)89(5)47-57-29-13-11-14-30-57)55(3)103-45-25-9-10-26-46-104-56(4)72(76(100)94-44-28-34-60(94)50-96-78(84-86-88-96)90(6)48-58-31-15-12-16-32-58)82-74(98)54(2)92(8)80(102)106-52-70-67-41-23-19-37-63(67)64-38-20-24-42-68(64)70/h11-24,29-32,35-42,53-56,59-60,69-72H,27-28,33-34,43-52H2,1-8H3,(H,81,97)(H,82,98)/t53-,54+,55-,56-,59+,60+,71+,72+/m1/s1. The first kappa shape index (κ1) is 74.2. The van der Waals surface area contributed by atoms with Gasteiger partial charge in [-0.3, -0.25) is 29.0 Å². The maximum Gasteiger partial charge on any atom is 0.410 e. The Kier molecular flexibility index (Phi) is 24.1. The molecule has 26 heteroatoms. The zero-order chi connectivity index (χ0) is 74.4. The van der Waals surface area contributed by atoms with Gasteiger partial charge in [0.25, 0.3) is 0 Å². The van der Waals surface area contributed by atoms with E-state index in [1.54, 1.807) is 46.9 Å². The zero-order valence-electron chi connectivity index (χ0n) is 61.0. The molecule has 2 aliphatic carbocycles. The SMILES string of the molecule is C[C@H](C(=O)N[C@H](C(=O)N1CCC[C@H]1Cn1nnnc1N(C)Cc1ccccc1)[C@@H](C)OCC#CC#CCO[C@H](C)[C@H](NC(=O)[C@H](C)N(C)C(=O)OCC1c2ccccc2-c2ccccc21)C(=O)N1CCC[C@H]1Cn1nnnc1N(C)Cc1ccccc1)N(C)C(=O)OCC1c2ccccc2-c2ccccc21. The van der Waals surface area contributed by atoms with E-state index >= 15 is 9.59 Å². The molecule has 2 fully saturated rings. The van der Waals surface area contributed by atoms with E-state index in [0.717, 1.165) is 55.6 Å². The number of nitrogens with zero attached hydrogens (tertiary/aromatic N) is 14. The van der Waals surface area contributed by atoms with Gasteiger partial charge < -0.3 is 49.2 Å². The predicted octanol–water partition coefficient (Wildman–Crippen LogP) is 7.94. The number of hydrogen-bond acceptors (Lipinski definition) is 18. The number of carbonyl (C=O) groups is 6. The van der Waals surface area contributed by atoms with Gasteiger partial charge in [-0.1, -0.05) is 180 Å². The number of amides is 6. The highest BCUT2D eigenvalue weighted by molar-refractivity contribution is 5.93. The van der Waals surface area contributed by atoms with Crippen molar-refractivity contribution >= 4 is 47.7 Å². The average Bonchev–Trinajstić information content (AvgIpc) is 1.59. The van der Waals surface area contributed by atoms with E-state index in [9.17, 15) is 19.2 Å². The van der Waals surface area contributed by atoms with Crippen LogP contribution in [0.1, 0.15) is 98.6 Å². The summed E-state index contributed by atoms with van der Waals surface area (Å²) in [5, 5.41) is 31.2. The topological polar surface area (TPSA) is 270 Å². The van der Waals surface area contributed by atoms with Gasteiger partial charge in [0.2, 0.25) is 35.5 Å². The first-order chi connectivity index (χ1) is 51.4. The number of benzene rings is 6.